The van der Waals surface area contributed by atoms with Gasteiger partial charge in [0.25, 0.3) is 0 Å². The van der Waals surface area contributed by atoms with Crippen molar-refractivity contribution in [1.29, 1.82) is 0 Å². The van der Waals surface area contributed by atoms with Crippen LogP contribution in [0.25, 0.3) is 0 Å². The van der Waals surface area contributed by atoms with Crippen molar-refractivity contribution >= 4 is 11.5 Å². The van der Waals surface area contributed by atoms with Gasteiger partial charge in [-0.15, -0.1) is 0 Å². The van der Waals surface area contributed by atoms with Gasteiger partial charge in [0.2, 0.25) is 5.82 Å². The molecule has 1 N–H and O–H groups in total. The fourth-order valence-electron chi connectivity index (χ4n) is 3.01. The Labute approximate surface area is 124 Å². The van der Waals surface area contributed by atoms with Gasteiger partial charge in [0.1, 0.15) is 5.69 Å². The van der Waals surface area contributed by atoms with Gasteiger partial charge >= 0.3 is 5.69 Å². The van der Waals surface area contributed by atoms with Gasteiger partial charge in [0, 0.05) is 12.6 Å². The first-order chi connectivity index (χ1) is 9.97. The van der Waals surface area contributed by atoms with Gasteiger partial charge in [-0.25, -0.2) is 4.68 Å². The molecule has 2 heterocycles. The minimum Gasteiger partial charge on any atom is -0.394 e. The van der Waals surface area contributed by atoms with Crippen molar-refractivity contribution < 1.29 is 10.0 Å². The zero-order valence-electron chi connectivity index (χ0n) is 12.9. The number of nitrogens with zero attached hydrogens (tertiary/aromatic N) is 4. The van der Waals surface area contributed by atoms with Crippen molar-refractivity contribution in [3.63, 3.8) is 0 Å². The quantitative estimate of drug-likeness (QED) is 0.681. The molecule has 0 spiro atoms. The van der Waals surface area contributed by atoms with Crippen LogP contribution >= 0.6 is 0 Å². The molecule has 1 aromatic rings. The fraction of sp³-hybridized carbons (Fsp3) is 0.786. The molecule has 1 aliphatic heterocycles. The average Bonchev–Trinajstić information content (AvgIpc) is 2.62. The van der Waals surface area contributed by atoms with Gasteiger partial charge < -0.3 is 10.0 Å². The SMILES string of the molecule is Cc1nn(C(C)C)c(N2CCCCCC2CO)c1[N+](=O)[O-]. The smallest absolute Gasteiger partial charge is 0.333 e. The van der Waals surface area contributed by atoms with Gasteiger partial charge in [-0.3, -0.25) is 10.1 Å². The predicted octanol–water partition coefficient (Wildman–Crippen LogP) is 2.42. The summed E-state index contributed by atoms with van der Waals surface area (Å²) in [4.78, 5) is 13.1. The fourth-order valence-corrected chi connectivity index (χ4v) is 3.01. The Kier molecular flexibility index (Phi) is 4.82. The first kappa shape index (κ1) is 15.8. The maximum Gasteiger partial charge on any atom is 0.333 e. The summed E-state index contributed by atoms with van der Waals surface area (Å²) >= 11 is 0. The number of aliphatic hydroxyl groups is 1. The lowest BCUT2D eigenvalue weighted by Gasteiger charge is -2.30. The van der Waals surface area contributed by atoms with Crippen molar-refractivity contribution in [3.05, 3.63) is 15.8 Å². The predicted molar refractivity (Wildman–Crippen MR) is 80.7 cm³/mol. The van der Waals surface area contributed by atoms with Gasteiger partial charge in [-0.05, 0) is 33.6 Å². The minimum absolute atomic E-state index is 0.0134. The third kappa shape index (κ3) is 3.02. The van der Waals surface area contributed by atoms with E-state index in [4.69, 9.17) is 0 Å². The van der Waals surface area contributed by atoms with Crippen LogP contribution in [0.1, 0.15) is 51.3 Å². The molecule has 0 aromatic carbocycles. The molecule has 1 fully saturated rings. The second-order valence-corrected chi connectivity index (χ2v) is 5.93. The second-order valence-electron chi connectivity index (χ2n) is 5.93. The van der Waals surface area contributed by atoms with Gasteiger partial charge in [0.05, 0.1) is 17.6 Å². The van der Waals surface area contributed by atoms with E-state index in [0.717, 1.165) is 32.2 Å². The second kappa shape index (κ2) is 6.43. The lowest BCUT2D eigenvalue weighted by molar-refractivity contribution is -0.384. The number of anilines is 1. The Bertz CT molecular complexity index is 513. The summed E-state index contributed by atoms with van der Waals surface area (Å²) in [5, 5.41) is 25.5. The number of rotatable bonds is 4. The number of hydrogen-bond donors (Lipinski definition) is 1. The standard InChI is InChI=1S/C14H24N4O3/c1-10(2)17-14(13(18(20)21)11(3)15-17)16-8-6-4-5-7-12(16)9-19/h10,12,19H,4-9H2,1-3H3. The topological polar surface area (TPSA) is 84.4 Å². The summed E-state index contributed by atoms with van der Waals surface area (Å²) in [6.45, 7) is 6.34. The monoisotopic (exact) mass is 296 g/mol. The summed E-state index contributed by atoms with van der Waals surface area (Å²) in [6, 6.07) is -0.0326. The van der Waals surface area contributed by atoms with Crippen molar-refractivity contribution in [1.82, 2.24) is 9.78 Å². The molecule has 21 heavy (non-hydrogen) atoms. The number of aliphatic hydroxyl groups excluding tert-OH is 1. The Balaban J connectivity index is 2.55. The molecule has 0 aliphatic carbocycles. The molecule has 2 rings (SSSR count). The lowest BCUT2D eigenvalue weighted by Crippen LogP contribution is -2.39. The molecule has 1 unspecified atom stereocenters. The van der Waals surface area contributed by atoms with Gasteiger partial charge in [0.15, 0.2) is 0 Å². The molecule has 1 saturated heterocycles. The van der Waals surface area contributed by atoms with E-state index in [-0.39, 0.29) is 29.3 Å². The first-order valence-electron chi connectivity index (χ1n) is 7.58. The Morgan fingerprint density at radius 3 is 2.71 bits per heavy atom. The van der Waals surface area contributed by atoms with Crippen molar-refractivity contribution in [2.45, 2.75) is 58.5 Å². The van der Waals surface area contributed by atoms with E-state index in [2.05, 4.69) is 5.10 Å². The molecule has 7 heteroatoms. The highest BCUT2D eigenvalue weighted by atomic mass is 16.6. The minimum atomic E-state index is -0.351. The van der Waals surface area contributed by atoms with Crippen LogP contribution in [-0.4, -0.2) is 39.0 Å². The molecule has 1 aromatic heterocycles. The van der Waals surface area contributed by atoms with E-state index < -0.39 is 0 Å². The maximum absolute atomic E-state index is 11.5. The molecule has 7 nitrogen and oxygen atoms in total. The molecule has 0 radical (unpaired) electrons. The van der Waals surface area contributed by atoms with Crippen LogP contribution in [0.15, 0.2) is 0 Å². The van der Waals surface area contributed by atoms with E-state index in [1.54, 1.807) is 11.6 Å². The van der Waals surface area contributed by atoms with Crippen LogP contribution in [0.5, 0.6) is 0 Å². The number of nitro groups is 1. The molecule has 1 atom stereocenters. The van der Waals surface area contributed by atoms with Crippen LogP contribution in [-0.2, 0) is 0 Å². The average molecular weight is 296 g/mol. The molecular weight excluding hydrogens is 272 g/mol. The zero-order valence-corrected chi connectivity index (χ0v) is 12.9. The maximum atomic E-state index is 11.5. The van der Waals surface area contributed by atoms with Crippen molar-refractivity contribution in [3.8, 4) is 0 Å². The molecule has 1 aliphatic rings. The third-order valence-electron chi connectivity index (χ3n) is 4.06. The van der Waals surface area contributed by atoms with E-state index in [1.807, 2.05) is 18.7 Å². The van der Waals surface area contributed by atoms with E-state index in [0.29, 0.717) is 11.5 Å². The normalized spacial score (nSPS) is 19.9. The highest BCUT2D eigenvalue weighted by Gasteiger charge is 2.34. The van der Waals surface area contributed by atoms with Crippen molar-refractivity contribution in [2.75, 3.05) is 18.1 Å². The van der Waals surface area contributed by atoms with Crippen LogP contribution in [0.4, 0.5) is 11.5 Å². The van der Waals surface area contributed by atoms with E-state index >= 15 is 0 Å². The summed E-state index contributed by atoms with van der Waals surface area (Å²) in [5.41, 5.74) is 0.508. The van der Waals surface area contributed by atoms with Gasteiger partial charge in [-0.2, -0.15) is 5.10 Å². The molecule has 0 amide bonds. The summed E-state index contributed by atoms with van der Waals surface area (Å²) < 4.78 is 1.72. The highest BCUT2D eigenvalue weighted by Crippen LogP contribution is 2.36. The summed E-state index contributed by atoms with van der Waals surface area (Å²) in [7, 11) is 0. The Morgan fingerprint density at radius 1 is 1.43 bits per heavy atom. The van der Waals surface area contributed by atoms with Gasteiger partial charge in [-0.1, -0.05) is 12.8 Å². The van der Waals surface area contributed by atoms with Crippen LogP contribution in [0.3, 0.4) is 0 Å². The van der Waals surface area contributed by atoms with E-state index in [1.165, 1.54) is 0 Å². The number of aryl methyl sites for hydroxylation is 1. The molecule has 0 bridgehead atoms. The zero-order chi connectivity index (χ0) is 15.6. The first-order valence-corrected chi connectivity index (χ1v) is 7.58. The number of aromatic nitrogens is 2. The highest BCUT2D eigenvalue weighted by molar-refractivity contribution is 5.62. The summed E-state index contributed by atoms with van der Waals surface area (Å²) in [6.07, 6.45) is 3.98. The number of hydrogen-bond acceptors (Lipinski definition) is 5. The molecule has 0 saturated carbocycles. The van der Waals surface area contributed by atoms with Crippen LogP contribution in [0.2, 0.25) is 0 Å². The molecular formula is C14H24N4O3. The van der Waals surface area contributed by atoms with Crippen LogP contribution in [0, 0.1) is 17.0 Å². The largest absolute Gasteiger partial charge is 0.394 e. The Morgan fingerprint density at radius 2 is 2.14 bits per heavy atom. The Hall–Kier alpha value is -1.63. The third-order valence-corrected chi connectivity index (χ3v) is 4.06. The van der Waals surface area contributed by atoms with Crippen LogP contribution < -0.4 is 4.90 Å². The van der Waals surface area contributed by atoms with Crippen molar-refractivity contribution in [2.24, 2.45) is 0 Å². The lowest BCUT2D eigenvalue weighted by atomic mass is 10.1. The van der Waals surface area contributed by atoms with E-state index in [9.17, 15) is 15.2 Å². The molecule has 118 valence electrons. The summed E-state index contributed by atoms with van der Waals surface area (Å²) in [5.74, 6) is 0.549.